The van der Waals surface area contributed by atoms with Gasteiger partial charge < -0.3 is 4.74 Å². The number of nitro benzene ring substituents is 1. The van der Waals surface area contributed by atoms with E-state index in [-0.39, 0.29) is 22.1 Å². The Balaban J connectivity index is 2.18. The predicted molar refractivity (Wildman–Crippen MR) is 70.8 cm³/mol. The summed E-state index contributed by atoms with van der Waals surface area (Å²) < 4.78 is 5.11. The van der Waals surface area contributed by atoms with Crippen LogP contribution in [0.4, 0.5) is 5.69 Å². The van der Waals surface area contributed by atoms with Crippen LogP contribution in [-0.4, -0.2) is 22.8 Å². The molecule has 106 valence electrons. The van der Waals surface area contributed by atoms with Crippen LogP contribution in [0.1, 0.15) is 36.0 Å². The van der Waals surface area contributed by atoms with Crippen LogP contribution in [0, 0.1) is 10.1 Å². The molecule has 7 heteroatoms. The molecule has 0 unspecified atom stereocenters. The number of hydrogen-bond acceptors (Lipinski definition) is 5. The van der Waals surface area contributed by atoms with E-state index in [1.54, 1.807) is 0 Å². The highest BCUT2D eigenvalue weighted by Crippen LogP contribution is 2.25. The van der Waals surface area contributed by atoms with Crippen LogP contribution in [0.5, 0.6) is 0 Å². The largest absolute Gasteiger partial charge is 0.451 e. The van der Waals surface area contributed by atoms with Crippen LogP contribution in [0.3, 0.4) is 0 Å². The van der Waals surface area contributed by atoms with E-state index < -0.39 is 17.0 Å². The van der Waals surface area contributed by atoms with E-state index in [2.05, 4.69) is 0 Å². The van der Waals surface area contributed by atoms with Crippen molar-refractivity contribution >= 4 is 29.0 Å². The Bertz CT molecular complexity index is 572. The van der Waals surface area contributed by atoms with Crippen LogP contribution in [-0.2, 0) is 9.53 Å². The molecule has 2 rings (SSSR count). The summed E-state index contributed by atoms with van der Waals surface area (Å²) in [6.45, 7) is 0. The van der Waals surface area contributed by atoms with E-state index in [0.717, 1.165) is 18.9 Å². The predicted octanol–water partition coefficient (Wildman–Crippen LogP) is 2.92. The molecule has 20 heavy (non-hydrogen) atoms. The molecule has 0 N–H and O–H groups in total. The maximum atomic E-state index is 12.0. The Kier molecular flexibility index (Phi) is 4.34. The fourth-order valence-electron chi connectivity index (χ4n) is 2.05. The molecule has 6 nitrogen and oxygen atoms in total. The molecule has 0 amide bonds. The van der Waals surface area contributed by atoms with Gasteiger partial charge in [-0.25, -0.2) is 4.79 Å². The molecule has 0 bridgehead atoms. The van der Waals surface area contributed by atoms with Crippen molar-refractivity contribution in [2.45, 2.75) is 31.8 Å². The summed E-state index contributed by atoms with van der Waals surface area (Å²) in [6, 6.07) is 3.52. The second-order valence-electron chi connectivity index (χ2n) is 4.53. The zero-order chi connectivity index (χ0) is 14.7. The quantitative estimate of drug-likeness (QED) is 0.486. The van der Waals surface area contributed by atoms with Crippen molar-refractivity contribution < 1.29 is 19.2 Å². The highest BCUT2D eigenvalue weighted by molar-refractivity contribution is 6.33. The van der Waals surface area contributed by atoms with Crippen molar-refractivity contribution in [2.75, 3.05) is 0 Å². The second kappa shape index (κ2) is 6.00. The van der Waals surface area contributed by atoms with Gasteiger partial charge in [0, 0.05) is 18.6 Å². The number of halogens is 1. The van der Waals surface area contributed by atoms with E-state index in [9.17, 15) is 19.7 Å². The number of carbonyl (C=O) groups excluding carboxylic acids is 2. The standard InChI is InChI=1S/C13H12ClNO5/c14-10-6-5-8(15(18)19)7-9(10)13(17)20-12-4-2-1-3-11(12)16/h5-7,12H,1-4H2/t12-/m1/s1. The van der Waals surface area contributed by atoms with Crippen LogP contribution in [0.15, 0.2) is 18.2 Å². The number of rotatable bonds is 3. The maximum Gasteiger partial charge on any atom is 0.340 e. The summed E-state index contributed by atoms with van der Waals surface area (Å²) in [4.78, 5) is 33.6. The van der Waals surface area contributed by atoms with Crippen LogP contribution >= 0.6 is 11.6 Å². The molecule has 1 fully saturated rings. The molecular weight excluding hydrogens is 286 g/mol. The first-order chi connectivity index (χ1) is 9.49. The molecule has 0 spiro atoms. The number of nitro groups is 1. The Labute approximate surface area is 119 Å². The molecule has 1 atom stereocenters. The Morgan fingerprint density at radius 1 is 1.40 bits per heavy atom. The van der Waals surface area contributed by atoms with E-state index in [0.29, 0.717) is 12.8 Å². The molecule has 0 saturated heterocycles. The monoisotopic (exact) mass is 297 g/mol. The highest BCUT2D eigenvalue weighted by Gasteiger charge is 2.27. The lowest BCUT2D eigenvalue weighted by molar-refractivity contribution is -0.384. The summed E-state index contributed by atoms with van der Waals surface area (Å²) >= 11 is 5.84. The lowest BCUT2D eigenvalue weighted by Gasteiger charge is -2.20. The van der Waals surface area contributed by atoms with Gasteiger partial charge in [-0.2, -0.15) is 0 Å². The number of hydrogen-bond donors (Lipinski definition) is 0. The smallest absolute Gasteiger partial charge is 0.340 e. The molecule has 1 aliphatic rings. The lowest BCUT2D eigenvalue weighted by Crippen LogP contribution is -2.30. The molecule has 1 saturated carbocycles. The zero-order valence-electron chi connectivity index (χ0n) is 10.5. The van der Waals surface area contributed by atoms with Crippen molar-refractivity contribution in [3.63, 3.8) is 0 Å². The number of nitrogens with zero attached hydrogens (tertiary/aromatic N) is 1. The summed E-state index contributed by atoms with van der Waals surface area (Å²) in [5.41, 5.74) is -0.351. The van der Waals surface area contributed by atoms with Gasteiger partial charge in [0.1, 0.15) is 0 Å². The minimum atomic E-state index is -0.807. The van der Waals surface area contributed by atoms with E-state index >= 15 is 0 Å². The average molecular weight is 298 g/mol. The molecule has 1 aromatic carbocycles. The molecular formula is C13H12ClNO5. The molecule has 1 aliphatic carbocycles. The van der Waals surface area contributed by atoms with Gasteiger partial charge in [0.25, 0.3) is 5.69 Å². The summed E-state index contributed by atoms with van der Waals surface area (Å²) in [5, 5.41) is 10.7. The zero-order valence-corrected chi connectivity index (χ0v) is 11.3. The van der Waals surface area contributed by atoms with Crippen LogP contribution in [0.25, 0.3) is 0 Å². The number of carbonyl (C=O) groups is 2. The summed E-state index contributed by atoms with van der Waals surface area (Å²) in [6.07, 6.45) is 1.71. The van der Waals surface area contributed by atoms with Gasteiger partial charge in [-0.1, -0.05) is 11.6 Å². The minimum Gasteiger partial charge on any atom is -0.451 e. The first-order valence-electron chi connectivity index (χ1n) is 6.16. The Hall–Kier alpha value is -1.95. The van der Waals surface area contributed by atoms with Crippen molar-refractivity contribution in [1.82, 2.24) is 0 Å². The Morgan fingerprint density at radius 3 is 2.80 bits per heavy atom. The van der Waals surface area contributed by atoms with Gasteiger partial charge in [0.15, 0.2) is 11.9 Å². The highest BCUT2D eigenvalue weighted by atomic mass is 35.5. The van der Waals surface area contributed by atoms with Crippen LogP contribution < -0.4 is 0 Å². The van der Waals surface area contributed by atoms with Crippen LogP contribution in [0.2, 0.25) is 5.02 Å². The van der Waals surface area contributed by atoms with Gasteiger partial charge >= 0.3 is 5.97 Å². The third-order valence-electron chi connectivity index (χ3n) is 3.13. The van der Waals surface area contributed by atoms with Gasteiger partial charge in [-0.15, -0.1) is 0 Å². The van der Waals surface area contributed by atoms with E-state index in [1.807, 2.05) is 0 Å². The van der Waals surface area contributed by atoms with Gasteiger partial charge in [-0.3, -0.25) is 14.9 Å². The lowest BCUT2D eigenvalue weighted by atomic mass is 9.96. The number of benzene rings is 1. The van der Waals surface area contributed by atoms with Crippen molar-refractivity contribution in [3.05, 3.63) is 38.9 Å². The number of ketones is 1. The maximum absolute atomic E-state index is 12.0. The van der Waals surface area contributed by atoms with Gasteiger partial charge in [-0.05, 0) is 25.3 Å². The fourth-order valence-corrected chi connectivity index (χ4v) is 2.25. The molecule has 0 aliphatic heterocycles. The normalized spacial score (nSPS) is 18.6. The summed E-state index contributed by atoms with van der Waals surface area (Å²) in [7, 11) is 0. The number of non-ortho nitro benzene ring substituents is 1. The second-order valence-corrected chi connectivity index (χ2v) is 4.93. The molecule has 0 aromatic heterocycles. The topological polar surface area (TPSA) is 86.5 Å². The molecule has 0 radical (unpaired) electrons. The number of esters is 1. The van der Waals surface area contributed by atoms with Gasteiger partial charge in [0.05, 0.1) is 15.5 Å². The number of Topliss-reactive ketones (excluding diaryl/α,β-unsaturated/α-hetero) is 1. The third-order valence-corrected chi connectivity index (χ3v) is 3.46. The average Bonchev–Trinajstić information content (AvgIpc) is 2.41. The third kappa shape index (κ3) is 3.14. The molecule has 0 heterocycles. The summed E-state index contributed by atoms with van der Waals surface area (Å²) in [5.74, 6) is -0.926. The SMILES string of the molecule is O=C(O[C@@H]1CCCCC1=O)c1cc([N+](=O)[O-])ccc1Cl. The van der Waals surface area contributed by atoms with E-state index in [4.69, 9.17) is 16.3 Å². The first-order valence-corrected chi connectivity index (χ1v) is 6.54. The van der Waals surface area contributed by atoms with Crippen molar-refractivity contribution in [2.24, 2.45) is 0 Å². The molecule has 1 aromatic rings. The minimum absolute atomic E-state index is 0.0591. The Morgan fingerprint density at radius 2 is 2.15 bits per heavy atom. The van der Waals surface area contributed by atoms with Crippen molar-refractivity contribution in [3.8, 4) is 0 Å². The van der Waals surface area contributed by atoms with Gasteiger partial charge in [0.2, 0.25) is 0 Å². The van der Waals surface area contributed by atoms with E-state index in [1.165, 1.54) is 12.1 Å². The van der Waals surface area contributed by atoms with Crippen molar-refractivity contribution in [1.29, 1.82) is 0 Å². The fraction of sp³-hybridized carbons (Fsp3) is 0.385. The number of ether oxygens (including phenoxy) is 1. The first kappa shape index (κ1) is 14.5.